The Morgan fingerprint density at radius 1 is 1.29 bits per heavy atom. The van der Waals surface area contributed by atoms with E-state index in [0.29, 0.717) is 35.6 Å². The topological polar surface area (TPSA) is 109 Å². The van der Waals surface area contributed by atoms with Crippen molar-refractivity contribution in [3.63, 3.8) is 0 Å². The molecule has 1 aliphatic rings. The highest BCUT2D eigenvalue weighted by Crippen LogP contribution is 2.31. The maximum atomic E-state index is 13.0. The Kier molecular flexibility index (Phi) is 4.74. The Morgan fingerprint density at radius 3 is 2.82 bits per heavy atom. The lowest BCUT2D eigenvalue weighted by molar-refractivity contribution is -0.134. The molecule has 0 spiro atoms. The molecule has 0 aromatic carbocycles. The normalized spacial score (nSPS) is 17.4. The summed E-state index contributed by atoms with van der Waals surface area (Å²) in [6, 6.07) is 1.76. The minimum atomic E-state index is -0.118. The number of carbonyl (C=O) groups is 1. The van der Waals surface area contributed by atoms with Crippen LogP contribution in [0.4, 0.5) is 0 Å². The van der Waals surface area contributed by atoms with E-state index in [0.717, 1.165) is 30.7 Å². The van der Waals surface area contributed by atoms with Crippen LogP contribution < -0.4 is 5.56 Å². The molecule has 3 aromatic heterocycles. The van der Waals surface area contributed by atoms with Crippen molar-refractivity contribution in [2.24, 2.45) is 0 Å². The Bertz CT molecular complexity index is 1080. The number of carbonyl (C=O) groups excluding carboxylic acids is 1. The first kappa shape index (κ1) is 18.4. The number of amides is 1. The molecule has 9 heteroatoms. The SMILES string of the molecule is CCc1c(C)nc2cc([C@@H]3CCCCN3C(=O)Cc3nonc3C)[nH]n2c1=O. The first-order valence-corrected chi connectivity index (χ1v) is 9.68. The third-order valence-electron chi connectivity index (χ3n) is 5.54. The molecule has 148 valence electrons. The molecule has 1 amide bonds. The van der Waals surface area contributed by atoms with Gasteiger partial charge in [-0.1, -0.05) is 17.2 Å². The van der Waals surface area contributed by atoms with Crippen LogP contribution >= 0.6 is 0 Å². The van der Waals surface area contributed by atoms with Crippen molar-refractivity contribution in [2.75, 3.05) is 6.54 Å². The smallest absolute Gasteiger partial charge is 0.276 e. The minimum Gasteiger partial charge on any atom is -0.334 e. The lowest BCUT2D eigenvalue weighted by atomic mass is 9.98. The number of H-pyrrole nitrogens is 1. The number of aromatic amines is 1. The first-order valence-electron chi connectivity index (χ1n) is 9.68. The molecular formula is C19H24N6O3. The van der Waals surface area contributed by atoms with Crippen LogP contribution in [0, 0.1) is 13.8 Å². The van der Waals surface area contributed by atoms with E-state index in [4.69, 9.17) is 4.63 Å². The average Bonchev–Trinajstić information content (AvgIpc) is 3.28. The molecular weight excluding hydrogens is 360 g/mol. The number of hydrogen-bond donors (Lipinski definition) is 1. The summed E-state index contributed by atoms with van der Waals surface area (Å²) < 4.78 is 6.20. The van der Waals surface area contributed by atoms with Gasteiger partial charge >= 0.3 is 0 Å². The van der Waals surface area contributed by atoms with Crippen molar-refractivity contribution in [3.05, 3.63) is 44.8 Å². The average molecular weight is 384 g/mol. The van der Waals surface area contributed by atoms with E-state index in [1.165, 1.54) is 4.52 Å². The second-order valence-electron chi connectivity index (χ2n) is 7.31. The monoisotopic (exact) mass is 384 g/mol. The molecule has 0 aliphatic carbocycles. The highest BCUT2D eigenvalue weighted by atomic mass is 16.6. The number of hydrogen-bond acceptors (Lipinski definition) is 6. The van der Waals surface area contributed by atoms with E-state index in [1.807, 2.05) is 24.8 Å². The van der Waals surface area contributed by atoms with Crippen LogP contribution in [0.2, 0.25) is 0 Å². The van der Waals surface area contributed by atoms with E-state index in [2.05, 4.69) is 20.4 Å². The zero-order valence-electron chi connectivity index (χ0n) is 16.4. The van der Waals surface area contributed by atoms with Gasteiger partial charge in [-0.25, -0.2) is 14.1 Å². The number of fused-ring (bicyclic) bond motifs is 1. The maximum absolute atomic E-state index is 13.0. The molecule has 4 heterocycles. The summed E-state index contributed by atoms with van der Waals surface area (Å²) in [6.45, 7) is 6.25. The Balaban J connectivity index is 1.68. The fraction of sp³-hybridized carbons (Fsp3) is 0.526. The molecule has 4 rings (SSSR count). The summed E-state index contributed by atoms with van der Waals surface area (Å²) in [5, 5.41) is 10.8. The number of piperidine rings is 1. The minimum absolute atomic E-state index is 0.0205. The predicted octanol–water partition coefficient (Wildman–Crippen LogP) is 1.88. The van der Waals surface area contributed by atoms with Gasteiger partial charge in [-0.2, -0.15) is 0 Å². The largest absolute Gasteiger partial charge is 0.334 e. The number of aromatic nitrogens is 5. The highest BCUT2D eigenvalue weighted by molar-refractivity contribution is 5.79. The number of nitrogens with zero attached hydrogens (tertiary/aromatic N) is 5. The van der Waals surface area contributed by atoms with Crippen molar-refractivity contribution in [1.82, 2.24) is 29.8 Å². The molecule has 0 saturated carbocycles. The van der Waals surface area contributed by atoms with Gasteiger partial charge in [0.05, 0.1) is 18.2 Å². The quantitative estimate of drug-likeness (QED) is 0.735. The van der Waals surface area contributed by atoms with E-state index in [9.17, 15) is 9.59 Å². The third-order valence-corrected chi connectivity index (χ3v) is 5.54. The molecule has 1 aliphatic heterocycles. The van der Waals surface area contributed by atoms with E-state index >= 15 is 0 Å². The van der Waals surface area contributed by atoms with Crippen molar-refractivity contribution < 1.29 is 9.42 Å². The maximum Gasteiger partial charge on any atom is 0.276 e. The second-order valence-corrected chi connectivity index (χ2v) is 7.31. The van der Waals surface area contributed by atoms with Crippen LogP contribution in [0.15, 0.2) is 15.5 Å². The zero-order chi connectivity index (χ0) is 19.8. The summed E-state index contributed by atoms with van der Waals surface area (Å²) in [7, 11) is 0. The second kappa shape index (κ2) is 7.21. The van der Waals surface area contributed by atoms with Gasteiger partial charge in [-0.3, -0.25) is 14.7 Å². The van der Waals surface area contributed by atoms with Gasteiger partial charge in [-0.15, -0.1) is 0 Å². The predicted molar refractivity (Wildman–Crippen MR) is 101 cm³/mol. The zero-order valence-corrected chi connectivity index (χ0v) is 16.4. The molecule has 3 aromatic rings. The van der Waals surface area contributed by atoms with Gasteiger partial charge in [0.1, 0.15) is 11.4 Å². The van der Waals surface area contributed by atoms with E-state index in [1.54, 1.807) is 6.92 Å². The van der Waals surface area contributed by atoms with Crippen molar-refractivity contribution in [3.8, 4) is 0 Å². The molecule has 1 atom stereocenters. The molecule has 28 heavy (non-hydrogen) atoms. The molecule has 1 N–H and O–H groups in total. The molecule has 9 nitrogen and oxygen atoms in total. The number of likely N-dealkylation sites (tertiary alicyclic amines) is 1. The lowest BCUT2D eigenvalue weighted by Gasteiger charge is -2.35. The summed E-state index contributed by atoms with van der Waals surface area (Å²) in [5.74, 6) is -0.0205. The molecule has 1 saturated heterocycles. The Morgan fingerprint density at radius 2 is 2.11 bits per heavy atom. The van der Waals surface area contributed by atoms with Gasteiger partial charge < -0.3 is 4.90 Å². The van der Waals surface area contributed by atoms with Crippen LogP contribution in [0.3, 0.4) is 0 Å². The third kappa shape index (κ3) is 3.10. The first-order chi connectivity index (χ1) is 13.5. The molecule has 0 bridgehead atoms. The van der Waals surface area contributed by atoms with Gasteiger partial charge in [0.2, 0.25) is 5.91 Å². The fourth-order valence-corrected chi connectivity index (χ4v) is 3.97. The van der Waals surface area contributed by atoms with Crippen LogP contribution in [-0.2, 0) is 17.6 Å². The standard InChI is InChI=1S/C19H24N6O3/c1-4-13-11(2)20-17-9-15(21-25(17)19(13)27)16-7-5-6-8-24(16)18(26)10-14-12(3)22-28-23-14/h9,16,21H,4-8,10H2,1-3H3/t16-/m0/s1. The summed E-state index contributed by atoms with van der Waals surface area (Å²) in [5.41, 5.74) is 4.00. The molecule has 0 unspecified atom stereocenters. The fourth-order valence-electron chi connectivity index (χ4n) is 3.97. The van der Waals surface area contributed by atoms with Crippen molar-refractivity contribution >= 4 is 11.6 Å². The van der Waals surface area contributed by atoms with Crippen LogP contribution in [0.1, 0.15) is 60.6 Å². The molecule has 0 radical (unpaired) electrons. The van der Waals surface area contributed by atoms with E-state index in [-0.39, 0.29) is 23.9 Å². The Labute approximate surface area is 161 Å². The van der Waals surface area contributed by atoms with Gasteiger partial charge in [0, 0.05) is 23.9 Å². The highest BCUT2D eigenvalue weighted by Gasteiger charge is 2.30. The van der Waals surface area contributed by atoms with Crippen LogP contribution in [-0.4, -0.2) is 42.3 Å². The molecule has 1 fully saturated rings. The van der Waals surface area contributed by atoms with Crippen LogP contribution in [0.5, 0.6) is 0 Å². The number of nitrogens with one attached hydrogen (secondary N) is 1. The van der Waals surface area contributed by atoms with Crippen molar-refractivity contribution in [2.45, 2.75) is 58.9 Å². The summed E-state index contributed by atoms with van der Waals surface area (Å²) in [4.78, 5) is 32.1. The Hall–Kier alpha value is -2.97. The lowest BCUT2D eigenvalue weighted by Crippen LogP contribution is -2.39. The number of aryl methyl sites for hydroxylation is 2. The van der Waals surface area contributed by atoms with Crippen molar-refractivity contribution in [1.29, 1.82) is 0 Å². The van der Waals surface area contributed by atoms with Crippen LogP contribution in [0.25, 0.3) is 5.65 Å². The number of rotatable bonds is 4. The van der Waals surface area contributed by atoms with E-state index < -0.39 is 0 Å². The van der Waals surface area contributed by atoms with Gasteiger partial charge in [0.15, 0.2) is 5.65 Å². The van der Waals surface area contributed by atoms with Gasteiger partial charge in [-0.05, 0) is 39.5 Å². The summed E-state index contributed by atoms with van der Waals surface area (Å²) in [6.07, 6.45) is 3.60. The van der Waals surface area contributed by atoms with Gasteiger partial charge in [0.25, 0.3) is 5.56 Å². The summed E-state index contributed by atoms with van der Waals surface area (Å²) >= 11 is 0.